The Morgan fingerprint density at radius 2 is 1.93 bits per heavy atom. The van der Waals surface area contributed by atoms with Crippen molar-refractivity contribution in [2.45, 2.75) is 24.9 Å². The fourth-order valence-corrected chi connectivity index (χ4v) is 3.84. The molecule has 3 aromatic rings. The van der Waals surface area contributed by atoms with Crippen molar-refractivity contribution < 1.29 is 18.0 Å². The Kier molecular flexibility index (Phi) is 5.32. The Balaban J connectivity index is 1.57. The van der Waals surface area contributed by atoms with Gasteiger partial charge in [0.05, 0.1) is 11.3 Å². The number of carbonyl (C=O) groups is 1. The number of benzene rings is 1. The number of likely N-dealkylation sites (tertiary alicyclic amines) is 1. The number of nitrogens with zero attached hydrogens (tertiary/aromatic N) is 4. The van der Waals surface area contributed by atoms with E-state index in [1.165, 1.54) is 6.07 Å². The normalized spacial score (nSPS) is 17.2. The Bertz CT molecular complexity index is 1060. The zero-order chi connectivity index (χ0) is 21.3. The molecule has 5 nitrogen and oxygen atoms in total. The summed E-state index contributed by atoms with van der Waals surface area (Å²) in [5, 5.41) is 4.06. The number of amides is 1. The van der Waals surface area contributed by atoms with Gasteiger partial charge in [-0.05, 0) is 43.2 Å². The van der Waals surface area contributed by atoms with Crippen molar-refractivity contribution in [2.24, 2.45) is 7.05 Å². The first-order valence-electron chi connectivity index (χ1n) is 9.75. The third-order valence-electron chi connectivity index (χ3n) is 5.42. The Hall–Kier alpha value is -3.16. The summed E-state index contributed by atoms with van der Waals surface area (Å²) in [6.45, 7) is 1.18. The first-order chi connectivity index (χ1) is 14.3. The van der Waals surface area contributed by atoms with E-state index < -0.39 is 11.7 Å². The summed E-state index contributed by atoms with van der Waals surface area (Å²) in [5.74, 6) is -0.0459. The number of aromatic nitrogens is 3. The maximum absolute atomic E-state index is 13.1. The lowest BCUT2D eigenvalue weighted by Crippen LogP contribution is -2.40. The maximum atomic E-state index is 13.1. The Morgan fingerprint density at radius 1 is 1.13 bits per heavy atom. The van der Waals surface area contributed by atoms with Crippen LogP contribution in [0.4, 0.5) is 13.2 Å². The van der Waals surface area contributed by atoms with Gasteiger partial charge in [0.25, 0.3) is 5.91 Å². The molecule has 0 aliphatic carbocycles. The minimum absolute atomic E-state index is 0.0293. The summed E-state index contributed by atoms with van der Waals surface area (Å²) >= 11 is 0. The fourth-order valence-electron chi connectivity index (χ4n) is 3.84. The van der Waals surface area contributed by atoms with Crippen molar-refractivity contribution in [1.29, 1.82) is 0 Å². The second kappa shape index (κ2) is 7.93. The van der Waals surface area contributed by atoms with E-state index in [9.17, 15) is 18.0 Å². The van der Waals surface area contributed by atoms with E-state index in [4.69, 9.17) is 0 Å². The molecule has 1 atom stereocenters. The van der Waals surface area contributed by atoms with Crippen molar-refractivity contribution in [1.82, 2.24) is 19.7 Å². The topological polar surface area (TPSA) is 51.0 Å². The zero-order valence-electron chi connectivity index (χ0n) is 16.4. The zero-order valence-corrected chi connectivity index (χ0v) is 16.4. The molecule has 1 aliphatic rings. The molecule has 1 aromatic carbocycles. The number of hydrogen-bond acceptors (Lipinski definition) is 3. The second-order valence-electron chi connectivity index (χ2n) is 7.46. The summed E-state index contributed by atoms with van der Waals surface area (Å²) in [6, 6.07) is 12.3. The predicted molar refractivity (Wildman–Crippen MR) is 106 cm³/mol. The van der Waals surface area contributed by atoms with Crippen LogP contribution in [0.25, 0.3) is 11.3 Å². The quantitative estimate of drug-likeness (QED) is 0.633. The van der Waals surface area contributed by atoms with E-state index in [2.05, 4.69) is 10.1 Å². The van der Waals surface area contributed by atoms with E-state index in [1.54, 1.807) is 47.1 Å². The van der Waals surface area contributed by atoms with Gasteiger partial charge >= 0.3 is 6.18 Å². The van der Waals surface area contributed by atoms with Gasteiger partial charge in [-0.15, -0.1) is 0 Å². The first-order valence-corrected chi connectivity index (χ1v) is 9.75. The van der Waals surface area contributed by atoms with Crippen LogP contribution in [0.5, 0.6) is 0 Å². The van der Waals surface area contributed by atoms with Gasteiger partial charge in [0.15, 0.2) is 0 Å². The van der Waals surface area contributed by atoms with Crippen LogP contribution in [0.3, 0.4) is 0 Å². The minimum atomic E-state index is -4.40. The van der Waals surface area contributed by atoms with Gasteiger partial charge in [-0.2, -0.15) is 18.3 Å². The SMILES string of the molecule is Cn1nccc1C(=O)N1CCC[C@@H](c2cccc(-c3cccc(C(F)(F)F)c3)n2)C1. The van der Waals surface area contributed by atoms with Gasteiger partial charge in [-0.1, -0.05) is 18.2 Å². The number of halogens is 3. The van der Waals surface area contributed by atoms with Crippen LogP contribution in [0, 0.1) is 0 Å². The molecule has 1 saturated heterocycles. The van der Waals surface area contributed by atoms with Crippen LogP contribution in [0.2, 0.25) is 0 Å². The van der Waals surface area contributed by atoms with Crippen molar-refractivity contribution in [3.8, 4) is 11.3 Å². The Morgan fingerprint density at radius 3 is 2.67 bits per heavy atom. The van der Waals surface area contributed by atoms with Crippen molar-refractivity contribution in [3.63, 3.8) is 0 Å². The van der Waals surface area contributed by atoms with E-state index in [0.717, 1.165) is 30.7 Å². The first kappa shape index (κ1) is 20.1. The summed E-state index contributed by atoms with van der Waals surface area (Å²) < 4.78 is 40.7. The van der Waals surface area contributed by atoms with E-state index >= 15 is 0 Å². The molecule has 1 amide bonds. The largest absolute Gasteiger partial charge is 0.416 e. The van der Waals surface area contributed by atoms with E-state index in [-0.39, 0.29) is 11.8 Å². The van der Waals surface area contributed by atoms with Crippen LogP contribution >= 0.6 is 0 Å². The second-order valence-corrected chi connectivity index (χ2v) is 7.46. The van der Waals surface area contributed by atoms with E-state index in [0.29, 0.717) is 30.0 Å². The molecule has 0 spiro atoms. The monoisotopic (exact) mass is 414 g/mol. The van der Waals surface area contributed by atoms with Gasteiger partial charge < -0.3 is 4.90 Å². The summed E-state index contributed by atoms with van der Waals surface area (Å²) in [6.07, 6.45) is -1.10. The van der Waals surface area contributed by atoms with Crippen molar-refractivity contribution in [2.75, 3.05) is 13.1 Å². The number of alkyl halides is 3. The van der Waals surface area contributed by atoms with Crippen LogP contribution in [-0.4, -0.2) is 38.7 Å². The number of hydrogen-bond donors (Lipinski definition) is 0. The molecule has 0 unspecified atom stereocenters. The smallest absolute Gasteiger partial charge is 0.337 e. The molecule has 0 N–H and O–H groups in total. The van der Waals surface area contributed by atoms with Gasteiger partial charge in [-0.25, -0.2) is 0 Å². The van der Waals surface area contributed by atoms with Crippen LogP contribution < -0.4 is 0 Å². The molecule has 2 aromatic heterocycles. The van der Waals surface area contributed by atoms with Crippen LogP contribution in [0.1, 0.15) is 40.5 Å². The number of rotatable bonds is 3. The third-order valence-corrected chi connectivity index (χ3v) is 5.42. The van der Waals surface area contributed by atoms with Crippen molar-refractivity contribution in [3.05, 3.63) is 71.7 Å². The molecule has 0 saturated carbocycles. The lowest BCUT2D eigenvalue weighted by molar-refractivity contribution is -0.137. The molecule has 8 heteroatoms. The molecule has 1 aliphatic heterocycles. The lowest BCUT2D eigenvalue weighted by atomic mass is 9.93. The van der Waals surface area contributed by atoms with Gasteiger partial charge in [0.2, 0.25) is 0 Å². The number of aryl methyl sites for hydroxylation is 1. The Labute approximate surface area is 172 Å². The highest BCUT2D eigenvalue weighted by Crippen LogP contribution is 2.33. The lowest BCUT2D eigenvalue weighted by Gasteiger charge is -2.32. The number of carbonyl (C=O) groups excluding carboxylic acids is 1. The highest BCUT2D eigenvalue weighted by Gasteiger charge is 2.31. The molecular weight excluding hydrogens is 393 g/mol. The van der Waals surface area contributed by atoms with E-state index in [1.807, 2.05) is 6.07 Å². The fraction of sp³-hybridized carbons (Fsp3) is 0.318. The predicted octanol–water partition coefficient (Wildman–Crippen LogP) is 4.52. The summed E-state index contributed by atoms with van der Waals surface area (Å²) in [5.41, 5.74) is 1.53. The average molecular weight is 414 g/mol. The molecule has 30 heavy (non-hydrogen) atoms. The molecule has 3 heterocycles. The highest BCUT2D eigenvalue weighted by molar-refractivity contribution is 5.92. The summed E-state index contributed by atoms with van der Waals surface area (Å²) in [4.78, 5) is 19.3. The highest BCUT2D eigenvalue weighted by atomic mass is 19.4. The molecule has 4 rings (SSSR count). The third kappa shape index (κ3) is 4.08. The van der Waals surface area contributed by atoms with Gasteiger partial charge in [0, 0.05) is 43.5 Å². The van der Waals surface area contributed by atoms with Gasteiger partial charge in [0.1, 0.15) is 5.69 Å². The summed E-state index contributed by atoms with van der Waals surface area (Å²) in [7, 11) is 1.73. The molecule has 0 bridgehead atoms. The van der Waals surface area contributed by atoms with Crippen molar-refractivity contribution >= 4 is 5.91 Å². The van der Waals surface area contributed by atoms with Gasteiger partial charge in [-0.3, -0.25) is 14.5 Å². The molecule has 0 radical (unpaired) electrons. The average Bonchev–Trinajstić information content (AvgIpc) is 3.19. The number of piperidine rings is 1. The molecular formula is C22H21F3N4O. The maximum Gasteiger partial charge on any atom is 0.416 e. The van der Waals surface area contributed by atoms with Crippen LogP contribution in [0.15, 0.2) is 54.7 Å². The standard InChI is InChI=1S/C22H21F3N4O/c1-28-20(10-11-26-28)21(30)29-12-4-6-16(14-29)19-9-3-8-18(27-19)15-5-2-7-17(13-15)22(23,24)25/h2-3,5,7-11,13,16H,4,6,12,14H2,1H3/t16-/m1/s1. The van der Waals surface area contributed by atoms with Crippen LogP contribution in [-0.2, 0) is 13.2 Å². The molecule has 156 valence electrons. The number of pyridine rings is 1. The minimum Gasteiger partial charge on any atom is -0.337 e. The molecule has 1 fully saturated rings.